The molecule has 236 valence electrons. The van der Waals surface area contributed by atoms with Crippen molar-refractivity contribution in [1.29, 1.82) is 0 Å². The maximum absolute atomic E-state index is 13.3. The minimum Gasteiger partial charge on any atom is -0.462 e. The molecule has 0 amide bonds. The number of pyridine rings is 1. The molecule has 1 fully saturated rings. The molecule has 1 saturated heterocycles. The van der Waals surface area contributed by atoms with Crippen molar-refractivity contribution in [3.05, 3.63) is 34.7 Å². The van der Waals surface area contributed by atoms with Crippen LogP contribution in [0.15, 0.2) is 29.3 Å². The van der Waals surface area contributed by atoms with Gasteiger partial charge in [-0.25, -0.2) is 0 Å². The van der Waals surface area contributed by atoms with Gasteiger partial charge >= 0.3 is 23.9 Å². The molecule has 0 bridgehead atoms. The van der Waals surface area contributed by atoms with Crippen molar-refractivity contribution in [1.82, 2.24) is 4.57 Å². The Bertz CT molecular complexity index is 1190. The summed E-state index contributed by atoms with van der Waals surface area (Å²) < 4.78 is 31.3. The molecule has 11 heteroatoms. The Morgan fingerprint density at radius 3 is 1.43 bits per heavy atom. The molecule has 0 saturated carbocycles. The van der Waals surface area contributed by atoms with E-state index in [-0.39, 0.29) is 12.0 Å². The number of hydrogen-bond acceptors (Lipinski definition) is 10. The van der Waals surface area contributed by atoms with Gasteiger partial charge in [0, 0.05) is 24.5 Å². The monoisotopic (exact) mass is 593 g/mol. The van der Waals surface area contributed by atoms with E-state index >= 15 is 0 Å². The molecular formula is C31H47NO10. The Labute approximate surface area is 248 Å². The zero-order valence-electron chi connectivity index (χ0n) is 26.9. The Morgan fingerprint density at radius 2 is 1.02 bits per heavy atom. The molecule has 0 spiro atoms. The van der Waals surface area contributed by atoms with Crippen LogP contribution in [0.2, 0.25) is 0 Å². The Balaban J connectivity index is 2.75. The molecule has 0 aromatic carbocycles. The second kappa shape index (κ2) is 12.6. The van der Waals surface area contributed by atoms with Gasteiger partial charge in [-0.15, -0.1) is 0 Å². The van der Waals surface area contributed by atoms with Crippen LogP contribution in [-0.2, 0) is 42.9 Å². The number of ether oxygens (including phenoxy) is 5. The van der Waals surface area contributed by atoms with E-state index in [4.69, 9.17) is 23.7 Å². The zero-order valence-corrected chi connectivity index (χ0v) is 26.9. The molecule has 2 rings (SSSR count). The Morgan fingerprint density at radius 1 is 0.643 bits per heavy atom. The van der Waals surface area contributed by atoms with E-state index < -0.39 is 76.2 Å². The molecular weight excluding hydrogens is 546 g/mol. The molecule has 1 aliphatic rings. The summed E-state index contributed by atoms with van der Waals surface area (Å²) in [5.74, 6) is -2.44. The fraction of sp³-hybridized carbons (Fsp3) is 0.710. The third-order valence-electron chi connectivity index (χ3n) is 6.28. The van der Waals surface area contributed by atoms with Crippen LogP contribution in [0.5, 0.6) is 0 Å². The molecule has 2 heterocycles. The first kappa shape index (κ1) is 35.0. The van der Waals surface area contributed by atoms with Crippen LogP contribution in [0, 0.1) is 21.7 Å². The van der Waals surface area contributed by atoms with Gasteiger partial charge in [0.15, 0.2) is 30.0 Å². The van der Waals surface area contributed by atoms with Crippen molar-refractivity contribution < 1.29 is 42.9 Å². The first-order chi connectivity index (χ1) is 18.9. The lowest BCUT2D eigenvalue weighted by atomic mass is 9.92. The van der Waals surface area contributed by atoms with Gasteiger partial charge in [-0.2, -0.15) is 0 Å². The number of carbonyl (C=O) groups is 4. The smallest absolute Gasteiger partial charge is 0.311 e. The molecule has 0 aliphatic carbocycles. The molecule has 5 unspecified atom stereocenters. The summed E-state index contributed by atoms with van der Waals surface area (Å²) in [6.45, 7) is 19.6. The van der Waals surface area contributed by atoms with Gasteiger partial charge in [-0.05, 0) is 83.1 Å². The topological polar surface area (TPSA) is 136 Å². The summed E-state index contributed by atoms with van der Waals surface area (Å²) in [7, 11) is 0. The van der Waals surface area contributed by atoms with Crippen LogP contribution in [0.1, 0.15) is 89.3 Å². The van der Waals surface area contributed by atoms with Crippen LogP contribution < -0.4 is 5.43 Å². The molecule has 1 aliphatic heterocycles. The minimum absolute atomic E-state index is 0.270. The summed E-state index contributed by atoms with van der Waals surface area (Å²) in [6.07, 6.45) is -3.44. The number of nitrogens with zero attached hydrogens (tertiary/aromatic N) is 1. The van der Waals surface area contributed by atoms with E-state index in [9.17, 15) is 24.0 Å². The predicted molar refractivity (Wildman–Crippen MR) is 153 cm³/mol. The van der Waals surface area contributed by atoms with Crippen LogP contribution in [-0.4, -0.2) is 59.5 Å². The lowest BCUT2D eigenvalue weighted by Gasteiger charge is -2.46. The summed E-state index contributed by atoms with van der Waals surface area (Å²) in [5, 5.41) is 0. The molecule has 0 radical (unpaired) electrons. The van der Waals surface area contributed by atoms with Gasteiger partial charge in [-0.1, -0.05) is 0 Å². The standard InChI is InChI=1S/C31H47NO10/c1-28(2,3)24(34)38-17-19-20(40-25(35)29(4,5)6)21(41-26(36)30(7,8)9)22(42-27(37)31(10,11)12)23(39-19)32-15-13-18(33)14-16-32/h13-16,19-23H,17H2,1-12H3. The van der Waals surface area contributed by atoms with Gasteiger partial charge in [0.1, 0.15) is 12.7 Å². The van der Waals surface area contributed by atoms with E-state index in [1.54, 1.807) is 83.1 Å². The highest BCUT2D eigenvalue weighted by molar-refractivity contribution is 5.78. The van der Waals surface area contributed by atoms with Crippen LogP contribution in [0.25, 0.3) is 0 Å². The molecule has 0 N–H and O–H groups in total. The summed E-state index contributed by atoms with van der Waals surface area (Å²) in [6, 6.07) is 2.59. The number of rotatable bonds is 6. The largest absolute Gasteiger partial charge is 0.462 e. The van der Waals surface area contributed by atoms with E-state index in [0.717, 1.165) is 0 Å². The van der Waals surface area contributed by atoms with Crippen molar-refractivity contribution in [3.8, 4) is 0 Å². The molecule has 11 nitrogen and oxygen atoms in total. The van der Waals surface area contributed by atoms with Crippen molar-refractivity contribution in [2.75, 3.05) is 6.61 Å². The van der Waals surface area contributed by atoms with Crippen LogP contribution in [0.4, 0.5) is 0 Å². The van der Waals surface area contributed by atoms with E-state index in [1.807, 2.05) is 0 Å². The molecule has 42 heavy (non-hydrogen) atoms. The first-order valence-corrected chi connectivity index (χ1v) is 14.1. The molecule has 5 atom stereocenters. The normalized spacial score (nSPS) is 23.5. The van der Waals surface area contributed by atoms with E-state index in [0.29, 0.717) is 0 Å². The summed E-state index contributed by atoms with van der Waals surface area (Å²) in [4.78, 5) is 64.4. The van der Waals surface area contributed by atoms with E-state index in [1.165, 1.54) is 29.1 Å². The number of aromatic nitrogens is 1. The molecule has 1 aromatic heterocycles. The van der Waals surface area contributed by atoms with Gasteiger partial charge in [0.2, 0.25) is 0 Å². The average molecular weight is 594 g/mol. The first-order valence-electron chi connectivity index (χ1n) is 14.1. The second-order valence-electron chi connectivity index (χ2n) is 14.8. The maximum atomic E-state index is 13.3. The van der Waals surface area contributed by atoms with Crippen molar-refractivity contribution in [3.63, 3.8) is 0 Å². The predicted octanol–water partition coefficient (Wildman–Crippen LogP) is 4.21. The second-order valence-corrected chi connectivity index (χ2v) is 14.8. The Kier molecular flexibility index (Phi) is 10.5. The fourth-order valence-electron chi connectivity index (χ4n) is 3.54. The van der Waals surface area contributed by atoms with Crippen LogP contribution >= 0.6 is 0 Å². The number of hydrogen-bond donors (Lipinski definition) is 0. The molecule has 1 aromatic rings. The van der Waals surface area contributed by atoms with Gasteiger partial charge in [-0.3, -0.25) is 24.0 Å². The van der Waals surface area contributed by atoms with Gasteiger partial charge in [0.05, 0.1) is 21.7 Å². The highest BCUT2D eigenvalue weighted by Crippen LogP contribution is 2.37. The minimum atomic E-state index is -1.37. The zero-order chi connectivity index (χ0) is 32.4. The number of esters is 4. The third kappa shape index (κ3) is 9.14. The van der Waals surface area contributed by atoms with E-state index in [2.05, 4.69) is 0 Å². The highest BCUT2D eigenvalue weighted by Gasteiger charge is 2.55. The fourth-order valence-corrected chi connectivity index (χ4v) is 3.54. The number of carbonyl (C=O) groups excluding carboxylic acids is 4. The summed E-state index contributed by atoms with van der Waals surface area (Å²) >= 11 is 0. The Hall–Kier alpha value is -3.21. The van der Waals surface area contributed by atoms with Crippen molar-refractivity contribution in [2.24, 2.45) is 21.7 Å². The lowest BCUT2D eigenvalue weighted by molar-refractivity contribution is -0.275. The third-order valence-corrected chi connectivity index (χ3v) is 6.28. The lowest BCUT2D eigenvalue weighted by Crippen LogP contribution is -2.62. The maximum Gasteiger partial charge on any atom is 0.311 e. The summed E-state index contributed by atoms with van der Waals surface area (Å²) in [5.41, 5.74) is -4.00. The van der Waals surface area contributed by atoms with Crippen molar-refractivity contribution in [2.45, 2.75) is 114 Å². The highest BCUT2D eigenvalue weighted by atomic mass is 16.7. The van der Waals surface area contributed by atoms with Gasteiger partial charge in [0.25, 0.3) is 0 Å². The van der Waals surface area contributed by atoms with Crippen LogP contribution in [0.3, 0.4) is 0 Å². The average Bonchev–Trinajstić information content (AvgIpc) is 2.82. The quantitative estimate of drug-likeness (QED) is 0.348. The van der Waals surface area contributed by atoms with Gasteiger partial charge < -0.3 is 28.3 Å². The van der Waals surface area contributed by atoms with Crippen molar-refractivity contribution >= 4 is 23.9 Å². The SMILES string of the molecule is CC(C)(C)C(=O)OCC1OC(n2ccc(=O)cc2)C(OC(=O)C(C)(C)C)C(OC(=O)C(C)(C)C)C1OC(=O)C(C)(C)C.